The van der Waals surface area contributed by atoms with Gasteiger partial charge >= 0.3 is 5.97 Å². The number of likely N-dealkylation sites (tertiary alicyclic amines) is 1. The van der Waals surface area contributed by atoms with Crippen LogP contribution in [0.25, 0.3) is 0 Å². The first-order valence-corrected chi connectivity index (χ1v) is 7.57. The Morgan fingerprint density at radius 1 is 1.35 bits per heavy atom. The Labute approximate surface area is 122 Å². The maximum atomic E-state index is 11.7. The van der Waals surface area contributed by atoms with Crippen molar-refractivity contribution in [2.45, 2.75) is 53.1 Å². The molecule has 0 aromatic rings. The van der Waals surface area contributed by atoms with E-state index in [2.05, 4.69) is 22.1 Å². The second-order valence-corrected chi connectivity index (χ2v) is 6.43. The van der Waals surface area contributed by atoms with Gasteiger partial charge in [-0.15, -0.1) is 0 Å². The molecule has 116 valence electrons. The lowest BCUT2D eigenvalue weighted by molar-refractivity contribution is -0.152. The molecule has 0 atom stereocenters. The van der Waals surface area contributed by atoms with Crippen LogP contribution in [-0.4, -0.2) is 48.6 Å². The van der Waals surface area contributed by atoms with Gasteiger partial charge in [0.1, 0.15) is 12.1 Å². The number of nitrogens with one attached hydrogen (secondary N) is 1. The monoisotopic (exact) mass is 283 g/mol. The molecule has 0 unspecified atom stereocenters. The second-order valence-electron chi connectivity index (χ2n) is 6.43. The Balaban J connectivity index is 2.56. The van der Waals surface area contributed by atoms with Crippen molar-refractivity contribution in [3.05, 3.63) is 0 Å². The number of hydrogen-bond acceptors (Lipinski definition) is 3. The van der Waals surface area contributed by atoms with Crippen LogP contribution in [-0.2, 0) is 9.53 Å². The Bertz CT molecular complexity index is 340. The number of ether oxygens (including phenoxy) is 1. The van der Waals surface area contributed by atoms with Crippen molar-refractivity contribution in [1.82, 2.24) is 10.2 Å². The van der Waals surface area contributed by atoms with Crippen LogP contribution in [0, 0.1) is 5.92 Å². The molecule has 0 aromatic carbocycles. The van der Waals surface area contributed by atoms with Gasteiger partial charge in [-0.05, 0) is 46.5 Å². The SMILES string of the molecule is CCNC(=NCC(=O)OC(C)(C)C)N1CCC(C)CC1. The second kappa shape index (κ2) is 7.50. The van der Waals surface area contributed by atoms with Crippen LogP contribution in [0.15, 0.2) is 4.99 Å². The van der Waals surface area contributed by atoms with Gasteiger partial charge < -0.3 is 15.0 Å². The van der Waals surface area contributed by atoms with E-state index in [1.807, 2.05) is 27.7 Å². The number of guanidine groups is 1. The summed E-state index contributed by atoms with van der Waals surface area (Å²) in [7, 11) is 0. The van der Waals surface area contributed by atoms with Crippen molar-refractivity contribution in [2.75, 3.05) is 26.2 Å². The van der Waals surface area contributed by atoms with E-state index in [4.69, 9.17) is 4.74 Å². The van der Waals surface area contributed by atoms with Crippen LogP contribution in [0.5, 0.6) is 0 Å². The van der Waals surface area contributed by atoms with Crippen molar-refractivity contribution < 1.29 is 9.53 Å². The molecule has 1 fully saturated rings. The lowest BCUT2D eigenvalue weighted by atomic mass is 10.00. The molecular formula is C15H29N3O2. The molecule has 1 saturated heterocycles. The molecule has 1 N–H and O–H groups in total. The third-order valence-corrected chi connectivity index (χ3v) is 3.20. The highest BCUT2D eigenvalue weighted by Gasteiger charge is 2.20. The van der Waals surface area contributed by atoms with Crippen molar-refractivity contribution in [2.24, 2.45) is 10.9 Å². The summed E-state index contributed by atoms with van der Waals surface area (Å²) < 4.78 is 5.28. The summed E-state index contributed by atoms with van der Waals surface area (Å²) in [5.74, 6) is 1.32. The molecule has 0 radical (unpaired) electrons. The van der Waals surface area contributed by atoms with E-state index in [-0.39, 0.29) is 12.5 Å². The lowest BCUT2D eigenvalue weighted by Crippen LogP contribution is -2.45. The Morgan fingerprint density at radius 2 is 1.95 bits per heavy atom. The normalized spacial score (nSPS) is 18.1. The number of hydrogen-bond donors (Lipinski definition) is 1. The van der Waals surface area contributed by atoms with Crippen LogP contribution < -0.4 is 5.32 Å². The Kier molecular flexibility index (Phi) is 6.30. The molecule has 0 bridgehead atoms. The summed E-state index contributed by atoms with van der Waals surface area (Å²) in [5.41, 5.74) is -0.453. The first-order chi connectivity index (χ1) is 9.31. The van der Waals surface area contributed by atoms with Crippen molar-refractivity contribution >= 4 is 11.9 Å². The van der Waals surface area contributed by atoms with E-state index in [0.29, 0.717) is 0 Å². The van der Waals surface area contributed by atoms with E-state index >= 15 is 0 Å². The molecule has 20 heavy (non-hydrogen) atoms. The highest BCUT2D eigenvalue weighted by atomic mass is 16.6. The van der Waals surface area contributed by atoms with Gasteiger partial charge in [0.05, 0.1) is 0 Å². The predicted octanol–water partition coefficient (Wildman–Crippen LogP) is 2.03. The van der Waals surface area contributed by atoms with E-state index < -0.39 is 5.60 Å². The average Bonchev–Trinajstić information content (AvgIpc) is 2.33. The fraction of sp³-hybridized carbons (Fsp3) is 0.867. The van der Waals surface area contributed by atoms with Gasteiger partial charge in [0.2, 0.25) is 0 Å². The minimum Gasteiger partial charge on any atom is -0.459 e. The highest BCUT2D eigenvalue weighted by Crippen LogP contribution is 2.16. The number of rotatable bonds is 3. The Hall–Kier alpha value is -1.26. The molecule has 0 spiro atoms. The molecule has 0 amide bonds. The molecule has 1 aliphatic rings. The fourth-order valence-electron chi connectivity index (χ4n) is 2.16. The summed E-state index contributed by atoms with van der Waals surface area (Å²) in [6.07, 6.45) is 2.35. The number of carbonyl (C=O) groups excluding carboxylic acids is 1. The third kappa shape index (κ3) is 6.26. The summed E-state index contributed by atoms with van der Waals surface area (Å²) in [4.78, 5) is 18.4. The zero-order valence-electron chi connectivity index (χ0n) is 13.5. The van der Waals surface area contributed by atoms with Crippen molar-refractivity contribution in [1.29, 1.82) is 0 Å². The van der Waals surface area contributed by atoms with Gasteiger partial charge in [-0.1, -0.05) is 6.92 Å². The van der Waals surface area contributed by atoms with Gasteiger partial charge in [-0.2, -0.15) is 0 Å². The van der Waals surface area contributed by atoms with Crippen LogP contribution >= 0.6 is 0 Å². The zero-order valence-corrected chi connectivity index (χ0v) is 13.5. The standard InChI is InChI=1S/C15H29N3O2/c1-6-16-14(18-9-7-12(2)8-10-18)17-11-13(19)20-15(3,4)5/h12H,6-11H2,1-5H3,(H,16,17). The quantitative estimate of drug-likeness (QED) is 0.489. The molecule has 1 heterocycles. The molecule has 5 heteroatoms. The number of nitrogens with zero attached hydrogens (tertiary/aromatic N) is 2. The van der Waals surface area contributed by atoms with Gasteiger partial charge in [-0.3, -0.25) is 4.79 Å². The Morgan fingerprint density at radius 3 is 2.45 bits per heavy atom. The summed E-state index contributed by atoms with van der Waals surface area (Å²) >= 11 is 0. The van der Waals surface area contributed by atoms with Gasteiger partial charge in [0.25, 0.3) is 0 Å². The molecule has 1 aliphatic heterocycles. The predicted molar refractivity (Wildman–Crippen MR) is 81.8 cm³/mol. The summed E-state index contributed by atoms with van der Waals surface area (Å²) in [6.45, 7) is 12.8. The molecule has 0 aliphatic carbocycles. The average molecular weight is 283 g/mol. The number of aliphatic imine (C=N–C) groups is 1. The van der Waals surface area contributed by atoms with E-state index in [9.17, 15) is 4.79 Å². The molecule has 1 rings (SSSR count). The van der Waals surface area contributed by atoms with E-state index in [0.717, 1.165) is 31.5 Å². The highest BCUT2D eigenvalue weighted by molar-refractivity contribution is 5.83. The molecule has 0 aromatic heterocycles. The zero-order chi connectivity index (χ0) is 15.2. The summed E-state index contributed by atoms with van der Waals surface area (Å²) in [6, 6.07) is 0. The minimum absolute atomic E-state index is 0.0751. The fourth-order valence-corrected chi connectivity index (χ4v) is 2.16. The maximum absolute atomic E-state index is 11.7. The van der Waals surface area contributed by atoms with E-state index in [1.165, 1.54) is 12.8 Å². The van der Waals surface area contributed by atoms with E-state index in [1.54, 1.807) is 0 Å². The third-order valence-electron chi connectivity index (χ3n) is 3.20. The smallest absolute Gasteiger partial charge is 0.328 e. The van der Waals surface area contributed by atoms with Gasteiger partial charge in [0, 0.05) is 19.6 Å². The van der Waals surface area contributed by atoms with Crippen LogP contribution in [0.2, 0.25) is 0 Å². The van der Waals surface area contributed by atoms with Crippen LogP contribution in [0.1, 0.15) is 47.5 Å². The van der Waals surface area contributed by atoms with Crippen LogP contribution in [0.4, 0.5) is 0 Å². The molecule has 0 saturated carbocycles. The number of esters is 1. The first kappa shape index (κ1) is 16.8. The molecular weight excluding hydrogens is 254 g/mol. The largest absolute Gasteiger partial charge is 0.459 e. The van der Waals surface area contributed by atoms with Gasteiger partial charge in [-0.25, -0.2) is 4.99 Å². The van der Waals surface area contributed by atoms with Gasteiger partial charge in [0.15, 0.2) is 5.96 Å². The number of carbonyl (C=O) groups is 1. The first-order valence-electron chi connectivity index (χ1n) is 7.57. The minimum atomic E-state index is -0.453. The van der Waals surface area contributed by atoms with Crippen molar-refractivity contribution in [3.8, 4) is 0 Å². The maximum Gasteiger partial charge on any atom is 0.328 e. The lowest BCUT2D eigenvalue weighted by Gasteiger charge is -2.33. The van der Waals surface area contributed by atoms with Crippen LogP contribution in [0.3, 0.4) is 0 Å². The number of piperidine rings is 1. The summed E-state index contributed by atoms with van der Waals surface area (Å²) in [5, 5.41) is 3.25. The molecule has 5 nitrogen and oxygen atoms in total. The van der Waals surface area contributed by atoms with Crippen molar-refractivity contribution in [3.63, 3.8) is 0 Å². The topological polar surface area (TPSA) is 53.9 Å².